The van der Waals surface area contributed by atoms with Gasteiger partial charge >= 0.3 is 6.03 Å². The first-order valence-electron chi connectivity index (χ1n) is 11.0. The fourth-order valence-corrected chi connectivity index (χ4v) is 4.00. The van der Waals surface area contributed by atoms with Crippen molar-refractivity contribution < 1.29 is 18.4 Å². The number of rotatable bonds is 8. The third kappa shape index (κ3) is 4.74. The Morgan fingerprint density at radius 2 is 2.00 bits per heavy atom. The minimum atomic E-state index is -0.616. The molecule has 2 aromatic carbocycles. The lowest BCUT2D eigenvalue weighted by Gasteiger charge is -2.35. The van der Waals surface area contributed by atoms with Gasteiger partial charge < -0.3 is 14.6 Å². The van der Waals surface area contributed by atoms with Crippen LogP contribution in [-0.4, -0.2) is 34.7 Å². The number of nitrogens with one attached hydrogen (secondary N) is 1. The smallest absolute Gasteiger partial charge is 0.322 e. The second kappa shape index (κ2) is 9.85. The number of halogens is 1. The van der Waals surface area contributed by atoms with Crippen molar-refractivity contribution in [1.82, 2.24) is 20.4 Å². The molecule has 33 heavy (non-hydrogen) atoms. The summed E-state index contributed by atoms with van der Waals surface area (Å²) in [5.74, 6) is 0.974. The summed E-state index contributed by atoms with van der Waals surface area (Å²) in [5.41, 5.74) is 2.71. The van der Waals surface area contributed by atoms with Crippen LogP contribution >= 0.6 is 0 Å². The molecule has 3 aromatic rings. The summed E-state index contributed by atoms with van der Waals surface area (Å²) in [4.78, 5) is 19.3. The van der Waals surface area contributed by atoms with Gasteiger partial charge in [0.1, 0.15) is 11.6 Å². The van der Waals surface area contributed by atoms with Crippen molar-refractivity contribution >= 4 is 11.6 Å². The number of nitrogens with zero attached hydrogens (tertiary/aromatic N) is 3. The summed E-state index contributed by atoms with van der Waals surface area (Å²) in [6.45, 7) is 4.55. The van der Waals surface area contributed by atoms with Crippen molar-refractivity contribution in [3.63, 3.8) is 0 Å². The van der Waals surface area contributed by atoms with Gasteiger partial charge in [0, 0.05) is 17.8 Å². The van der Waals surface area contributed by atoms with Crippen LogP contribution in [0.15, 0.2) is 58.8 Å². The number of hydrogen-bond donors (Lipinski definition) is 1. The summed E-state index contributed by atoms with van der Waals surface area (Å²) >= 11 is 0. The second-order valence-corrected chi connectivity index (χ2v) is 7.95. The minimum absolute atomic E-state index is 0.228. The molecular formula is C25H27FN4O3. The van der Waals surface area contributed by atoms with Crippen molar-refractivity contribution in [3.05, 3.63) is 71.5 Å². The number of allylic oxidation sites excluding steroid dienone is 1. The number of benzene rings is 2. The Labute approximate surface area is 192 Å². The lowest BCUT2D eigenvalue weighted by atomic mass is 9.94. The molecule has 0 radical (unpaired) electrons. The van der Waals surface area contributed by atoms with E-state index in [1.165, 1.54) is 12.1 Å². The zero-order chi connectivity index (χ0) is 23.4. The number of urea groups is 1. The molecule has 0 saturated carbocycles. The van der Waals surface area contributed by atoms with E-state index < -0.39 is 6.04 Å². The number of unbranched alkanes of at least 4 members (excludes halogenated alkanes) is 2. The number of ether oxygens (including phenoxy) is 1. The molecule has 2 heterocycles. The Morgan fingerprint density at radius 3 is 2.76 bits per heavy atom. The average Bonchev–Trinajstić information content (AvgIpc) is 3.30. The Morgan fingerprint density at radius 1 is 1.18 bits per heavy atom. The van der Waals surface area contributed by atoms with Gasteiger partial charge in [0.15, 0.2) is 0 Å². The highest BCUT2D eigenvalue weighted by atomic mass is 19.1. The molecule has 0 bridgehead atoms. The molecule has 172 valence electrons. The molecule has 1 unspecified atom stereocenters. The zero-order valence-corrected chi connectivity index (χ0v) is 19.0. The van der Waals surface area contributed by atoms with Gasteiger partial charge in [-0.2, -0.15) is 4.98 Å². The minimum Gasteiger partial charge on any atom is -0.497 e. The largest absolute Gasteiger partial charge is 0.497 e. The molecule has 0 saturated heterocycles. The molecule has 8 heteroatoms. The summed E-state index contributed by atoms with van der Waals surface area (Å²) in [6, 6.07) is 12.7. The van der Waals surface area contributed by atoms with Gasteiger partial charge in [-0.15, -0.1) is 0 Å². The second-order valence-electron chi connectivity index (χ2n) is 7.95. The Hall–Kier alpha value is -3.68. The monoisotopic (exact) mass is 450 g/mol. The van der Waals surface area contributed by atoms with Gasteiger partial charge in [-0.3, -0.25) is 4.90 Å². The highest BCUT2D eigenvalue weighted by Crippen LogP contribution is 2.37. The van der Waals surface area contributed by atoms with E-state index >= 15 is 0 Å². The molecule has 2 amide bonds. The van der Waals surface area contributed by atoms with Crippen molar-refractivity contribution in [1.29, 1.82) is 0 Å². The van der Waals surface area contributed by atoms with E-state index in [0.29, 0.717) is 35.0 Å². The summed E-state index contributed by atoms with van der Waals surface area (Å²) in [6.07, 6.45) is 2.93. The van der Waals surface area contributed by atoms with Gasteiger partial charge in [0.05, 0.1) is 18.7 Å². The normalized spacial score (nSPS) is 16.2. The topological polar surface area (TPSA) is 80.5 Å². The van der Waals surface area contributed by atoms with Crippen LogP contribution in [0.1, 0.15) is 50.6 Å². The van der Waals surface area contributed by atoms with E-state index in [0.717, 1.165) is 24.8 Å². The fraction of sp³-hybridized carbons (Fsp3) is 0.320. The van der Waals surface area contributed by atoms with Crippen molar-refractivity contribution in [2.75, 3.05) is 13.7 Å². The molecule has 0 fully saturated rings. The number of amides is 2. The predicted molar refractivity (Wildman–Crippen MR) is 123 cm³/mol. The van der Waals surface area contributed by atoms with Gasteiger partial charge in [-0.05, 0) is 43.2 Å². The first-order chi connectivity index (χ1) is 16.0. The molecule has 7 nitrogen and oxygen atoms in total. The van der Waals surface area contributed by atoms with E-state index in [1.54, 1.807) is 24.1 Å². The Kier molecular flexibility index (Phi) is 6.72. The molecule has 1 aliphatic heterocycles. The number of aromatic nitrogens is 2. The van der Waals surface area contributed by atoms with Crippen LogP contribution in [-0.2, 0) is 0 Å². The summed E-state index contributed by atoms with van der Waals surface area (Å²) in [7, 11) is 1.59. The zero-order valence-electron chi connectivity index (χ0n) is 19.0. The molecule has 1 N–H and O–H groups in total. The standard InChI is InChI=1S/C25H27FN4O3/c1-4-5-6-13-30-16(2)21(22(27-25(30)31)17-9-7-11-19(26)14-17)24-28-23(29-33-24)18-10-8-12-20(15-18)32-3/h7-12,14-15,22H,4-6,13H2,1-3H3,(H,27,31). The van der Waals surface area contributed by atoms with Crippen molar-refractivity contribution in [3.8, 4) is 17.1 Å². The quantitative estimate of drug-likeness (QED) is 0.454. The van der Waals surface area contributed by atoms with Crippen molar-refractivity contribution in [2.24, 2.45) is 0 Å². The van der Waals surface area contributed by atoms with E-state index in [9.17, 15) is 9.18 Å². The predicted octanol–water partition coefficient (Wildman–Crippen LogP) is 5.57. The SMILES string of the molecule is CCCCCN1C(=O)NC(c2cccc(F)c2)C(c2nc(-c3cccc(OC)c3)no2)=C1C. The van der Waals surface area contributed by atoms with Crippen molar-refractivity contribution in [2.45, 2.75) is 39.2 Å². The number of methoxy groups -OCH3 is 1. The van der Waals surface area contributed by atoms with E-state index in [4.69, 9.17) is 9.26 Å². The van der Waals surface area contributed by atoms with Crippen LogP contribution in [0.3, 0.4) is 0 Å². The number of hydrogen-bond acceptors (Lipinski definition) is 5. The third-order valence-electron chi connectivity index (χ3n) is 5.75. The highest BCUT2D eigenvalue weighted by molar-refractivity contribution is 5.86. The van der Waals surface area contributed by atoms with E-state index in [2.05, 4.69) is 22.4 Å². The average molecular weight is 451 g/mol. The maximum atomic E-state index is 14.0. The van der Waals surface area contributed by atoms with Gasteiger partial charge in [-0.25, -0.2) is 9.18 Å². The Balaban J connectivity index is 1.77. The van der Waals surface area contributed by atoms with E-state index in [-0.39, 0.29) is 17.7 Å². The molecule has 4 rings (SSSR count). The molecule has 1 aliphatic rings. The maximum absolute atomic E-state index is 14.0. The Bertz CT molecular complexity index is 1170. The van der Waals surface area contributed by atoms with Crippen LogP contribution in [0.2, 0.25) is 0 Å². The molecule has 1 aromatic heterocycles. The lowest BCUT2D eigenvalue weighted by molar-refractivity contribution is 0.204. The molecular weight excluding hydrogens is 423 g/mol. The number of carbonyl (C=O) groups is 1. The van der Waals surface area contributed by atoms with Crippen LogP contribution in [0.5, 0.6) is 5.75 Å². The van der Waals surface area contributed by atoms with Gasteiger partial charge in [-0.1, -0.05) is 49.2 Å². The van der Waals surface area contributed by atoms with Crippen LogP contribution in [0.4, 0.5) is 9.18 Å². The molecule has 1 atom stereocenters. The molecule has 0 aliphatic carbocycles. The highest BCUT2D eigenvalue weighted by Gasteiger charge is 2.35. The third-order valence-corrected chi connectivity index (χ3v) is 5.75. The maximum Gasteiger partial charge on any atom is 0.322 e. The van der Waals surface area contributed by atoms with Crippen LogP contribution < -0.4 is 10.1 Å². The first-order valence-corrected chi connectivity index (χ1v) is 11.0. The summed E-state index contributed by atoms with van der Waals surface area (Å²) in [5, 5.41) is 7.15. The van der Waals surface area contributed by atoms with Gasteiger partial charge in [0.25, 0.3) is 5.89 Å². The lowest BCUT2D eigenvalue weighted by Crippen LogP contribution is -2.46. The van der Waals surface area contributed by atoms with E-state index in [1.807, 2.05) is 31.2 Å². The molecule has 0 spiro atoms. The first kappa shape index (κ1) is 22.5. The fourth-order valence-electron chi connectivity index (χ4n) is 4.00. The van der Waals surface area contributed by atoms with Crippen LogP contribution in [0, 0.1) is 5.82 Å². The van der Waals surface area contributed by atoms with Gasteiger partial charge in [0.2, 0.25) is 5.82 Å². The summed E-state index contributed by atoms with van der Waals surface area (Å²) < 4.78 is 25.0. The number of carbonyl (C=O) groups excluding carboxylic acids is 1. The van der Waals surface area contributed by atoms with Crippen LogP contribution in [0.25, 0.3) is 17.0 Å².